The van der Waals surface area contributed by atoms with Crippen molar-refractivity contribution in [3.8, 4) is 5.75 Å². The second-order valence-corrected chi connectivity index (χ2v) is 6.85. The van der Waals surface area contributed by atoms with E-state index in [1.54, 1.807) is 31.4 Å². The fraction of sp³-hybridized carbons (Fsp3) is 0.391. The molecule has 0 spiro atoms. The highest BCUT2D eigenvalue weighted by Crippen LogP contribution is 2.14. The highest BCUT2D eigenvalue weighted by atomic mass is 16.5. The van der Waals surface area contributed by atoms with Crippen LogP contribution in [0.15, 0.2) is 54.6 Å². The van der Waals surface area contributed by atoms with Gasteiger partial charge >= 0.3 is 0 Å². The molecular weight excluding hydrogens is 352 g/mol. The quantitative estimate of drug-likeness (QED) is 0.631. The van der Waals surface area contributed by atoms with Gasteiger partial charge in [0, 0.05) is 31.1 Å². The van der Waals surface area contributed by atoms with E-state index in [-0.39, 0.29) is 17.9 Å². The van der Waals surface area contributed by atoms with Crippen LogP contribution in [0.2, 0.25) is 0 Å². The number of carbonyl (C=O) groups is 2. The summed E-state index contributed by atoms with van der Waals surface area (Å²) in [5.74, 6) is 0.695. The number of carbonyl (C=O) groups excluding carboxylic acids is 2. The van der Waals surface area contributed by atoms with Gasteiger partial charge in [0.1, 0.15) is 5.75 Å². The summed E-state index contributed by atoms with van der Waals surface area (Å²) in [7, 11) is 1.59. The van der Waals surface area contributed by atoms with Crippen LogP contribution in [-0.4, -0.2) is 36.4 Å². The van der Waals surface area contributed by atoms with Gasteiger partial charge in [-0.15, -0.1) is 0 Å². The summed E-state index contributed by atoms with van der Waals surface area (Å²) in [6, 6.07) is 17.2. The minimum Gasteiger partial charge on any atom is -0.497 e. The number of hydrogen-bond donors (Lipinski definition) is 1. The molecule has 28 heavy (non-hydrogen) atoms. The standard InChI is InChI=1S/C23H30N2O3/c1-4-18(2)25(17-19-9-6-5-7-10-19)22(26)11-8-16-24-23(27)20-12-14-21(28-3)15-13-20/h5-7,9-10,12-15,18H,4,8,11,16-17H2,1-3H3,(H,24,27). The smallest absolute Gasteiger partial charge is 0.251 e. The van der Waals surface area contributed by atoms with Crippen molar-refractivity contribution in [2.45, 2.75) is 45.7 Å². The van der Waals surface area contributed by atoms with Crippen LogP contribution in [0.3, 0.4) is 0 Å². The topological polar surface area (TPSA) is 58.6 Å². The third-order valence-electron chi connectivity index (χ3n) is 4.84. The second kappa shape index (κ2) is 11.1. The molecule has 0 aliphatic carbocycles. The predicted molar refractivity (Wildman–Crippen MR) is 111 cm³/mol. The maximum Gasteiger partial charge on any atom is 0.251 e. The Balaban J connectivity index is 1.82. The first-order chi connectivity index (χ1) is 13.5. The molecule has 2 aromatic carbocycles. The number of methoxy groups -OCH3 is 1. The molecule has 2 amide bonds. The van der Waals surface area contributed by atoms with Gasteiger partial charge < -0.3 is 15.0 Å². The van der Waals surface area contributed by atoms with Crippen molar-refractivity contribution >= 4 is 11.8 Å². The first kappa shape index (κ1) is 21.5. The fourth-order valence-electron chi connectivity index (χ4n) is 2.92. The molecule has 2 rings (SSSR count). The number of ether oxygens (including phenoxy) is 1. The lowest BCUT2D eigenvalue weighted by Gasteiger charge is -2.29. The molecule has 0 bridgehead atoms. The molecule has 0 heterocycles. The largest absolute Gasteiger partial charge is 0.497 e. The highest BCUT2D eigenvalue weighted by Gasteiger charge is 2.18. The Morgan fingerprint density at radius 3 is 2.36 bits per heavy atom. The van der Waals surface area contributed by atoms with Crippen molar-refractivity contribution in [3.63, 3.8) is 0 Å². The summed E-state index contributed by atoms with van der Waals surface area (Å²) in [5.41, 5.74) is 1.71. The third-order valence-corrected chi connectivity index (χ3v) is 4.84. The zero-order valence-corrected chi connectivity index (χ0v) is 17.0. The molecule has 1 N–H and O–H groups in total. The molecule has 1 atom stereocenters. The Morgan fingerprint density at radius 2 is 1.75 bits per heavy atom. The minimum absolute atomic E-state index is 0.122. The molecule has 1 unspecified atom stereocenters. The van der Waals surface area contributed by atoms with Gasteiger partial charge in [0.05, 0.1) is 7.11 Å². The van der Waals surface area contributed by atoms with Gasteiger partial charge in [0.2, 0.25) is 5.91 Å². The maximum absolute atomic E-state index is 12.7. The van der Waals surface area contributed by atoms with E-state index in [4.69, 9.17) is 4.74 Å². The van der Waals surface area contributed by atoms with Crippen LogP contribution in [-0.2, 0) is 11.3 Å². The normalized spacial score (nSPS) is 11.5. The van der Waals surface area contributed by atoms with E-state index in [1.165, 1.54) is 0 Å². The molecule has 0 aliphatic rings. The van der Waals surface area contributed by atoms with Crippen LogP contribution in [0.25, 0.3) is 0 Å². The Bertz CT molecular complexity index is 744. The van der Waals surface area contributed by atoms with Gasteiger partial charge in [-0.3, -0.25) is 9.59 Å². The molecular formula is C23H30N2O3. The van der Waals surface area contributed by atoms with Crippen LogP contribution in [0.4, 0.5) is 0 Å². The van der Waals surface area contributed by atoms with E-state index in [0.29, 0.717) is 37.2 Å². The molecule has 2 aromatic rings. The summed E-state index contributed by atoms with van der Waals surface area (Å²) >= 11 is 0. The molecule has 0 aliphatic heterocycles. The van der Waals surface area contributed by atoms with Gasteiger partial charge in [-0.1, -0.05) is 37.3 Å². The number of nitrogens with zero attached hydrogens (tertiary/aromatic N) is 1. The van der Waals surface area contributed by atoms with Crippen LogP contribution in [0.1, 0.15) is 49.0 Å². The maximum atomic E-state index is 12.7. The number of amides is 2. The lowest BCUT2D eigenvalue weighted by atomic mass is 10.1. The first-order valence-corrected chi connectivity index (χ1v) is 9.80. The van der Waals surface area contributed by atoms with E-state index in [1.807, 2.05) is 35.2 Å². The van der Waals surface area contributed by atoms with Gasteiger partial charge in [-0.2, -0.15) is 0 Å². The SMILES string of the molecule is CCC(C)N(Cc1ccccc1)C(=O)CCCNC(=O)c1ccc(OC)cc1. The number of rotatable bonds is 10. The second-order valence-electron chi connectivity index (χ2n) is 6.85. The Labute approximate surface area is 167 Å². The van der Waals surface area contributed by atoms with Crippen molar-refractivity contribution in [2.75, 3.05) is 13.7 Å². The predicted octanol–water partition coefficient (Wildman–Crippen LogP) is 4.03. The Kier molecular flexibility index (Phi) is 8.53. The monoisotopic (exact) mass is 382 g/mol. The number of hydrogen-bond acceptors (Lipinski definition) is 3. The van der Waals surface area contributed by atoms with Crippen LogP contribution in [0, 0.1) is 0 Å². The molecule has 0 saturated carbocycles. The highest BCUT2D eigenvalue weighted by molar-refractivity contribution is 5.94. The lowest BCUT2D eigenvalue weighted by molar-refractivity contribution is -0.134. The van der Waals surface area contributed by atoms with Crippen molar-refractivity contribution in [1.82, 2.24) is 10.2 Å². The molecule has 5 heteroatoms. The van der Waals surface area contributed by atoms with Gasteiger partial charge in [-0.05, 0) is 49.6 Å². The zero-order chi connectivity index (χ0) is 20.4. The summed E-state index contributed by atoms with van der Waals surface area (Å²) < 4.78 is 5.09. The lowest BCUT2D eigenvalue weighted by Crippen LogP contribution is -2.38. The van der Waals surface area contributed by atoms with Crippen LogP contribution < -0.4 is 10.1 Å². The van der Waals surface area contributed by atoms with Gasteiger partial charge in [-0.25, -0.2) is 0 Å². The average molecular weight is 383 g/mol. The van der Waals surface area contributed by atoms with Crippen molar-refractivity contribution in [3.05, 3.63) is 65.7 Å². The van der Waals surface area contributed by atoms with Gasteiger partial charge in [0.25, 0.3) is 5.91 Å². The van der Waals surface area contributed by atoms with Crippen LogP contribution >= 0.6 is 0 Å². The summed E-state index contributed by atoms with van der Waals surface area (Å²) in [5, 5.41) is 2.87. The van der Waals surface area contributed by atoms with E-state index in [2.05, 4.69) is 19.2 Å². The average Bonchev–Trinajstić information content (AvgIpc) is 2.75. The first-order valence-electron chi connectivity index (χ1n) is 9.80. The van der Waals surface area contributed by atoms with Crippen molar-refractivity contribution < 1.29 is 14.3 Å². The van der Waals surface area contributed by atoms with E-state index >= 15 is 0 Å². The molecule has 0 aromatic heterocycles. The number of nitrogens with one attached hydrogen (secondary N) is 1. The fourth-order valence-corrected chi connectivity index (χ4v) is 2.92. The third kappa shape index (κ3) is 6.41. The number of benzene rings is 2. The van der Waals surface area contributed by atoms with E-state index in [0.717, 1.165) is 12.0 Å². The summed E-state index contributed by atoms with van der Waals surface area (Å²) in [6.07, 6.45) is 1.94. The molecule has 0 radical (unpaired) electrons. The Hall–Kier alpha value is -2.82. The van der Waals surface area contributed by atoms with Crippen molar-refractivity contribution in [2.24, 2.45) is 0 Å². The van der Waals surface area contributed by atoms with Crippen molar-refractivity contribution in [1.29, 1.82) is 0 Å². The minimum atomic E-state index is -0.141. The molecule has 0 saturated heterocycles. The Morgan fingerprint density at radius 1 is 1.07 bits per heavy atom. The zero-order valence-electron chi connectivity index (χ0n) is 17.0. The summed E-state index contributed by atoms with van der Waals surface area (Å²) in [4.78, 5) is 26.8. The van der Waals surface area contributed by atoms with E-state index < -0.39 is 0 Å². The summed E-state index contributed by atoms with van der Waals surface area (Å²) in [6.45, 7) is 5.25. The molecule has 5 nitrogen and oxygen atoms in total. The molecule has 150 valence electrons. The van der Waals surface area contributed by atoms with Crippen LogP contribution in [0.5, 0.6) is 5.75 Å². The van der Waals surface area contributed by atoms with E-state index in [9.17, 15) is 9.59 Å². The molecule has 0 fully saturated rings. The van der Waals surface area contributed by atoms with Gasteiger partial charge in [0.15, 0.2) is 0 Å².